The minimum absolute atomic E-state index is 0.00643. The van der Waals surface area contributed by atoms with Gasteiger partial charge in [0.05, 0.1) is 0 Å². The molecule has 2 aliphatic rings. The van der Waals surface area contributed by atoms with Crippen molar-refractivity contribution in [2.45, 2.75) is 32.6 Å². The fourth-order valence-electron chi connectivity index (χ4n) is 5.47. The van der Waals surface area contributed by atoms with E-state index in [1.54, 1.807) is 60.7 Å². The molecule has 2 aliphatic heterocycles. The largest absolute Gasteiger partial charge is 0.507 e. The van der Waals surface area contributed by atoms with Gasteiger partial charge < -0.3 is 20.0 Å². The summed E-state index contributed by atoms with van der Waals surface area (Å²) in [5.41, 5.74) is 1.29. The van der Waals surface area contributed by atoms with E-state index in [9.17, 15) is 19.8 Å². The standard InChI is InChI=1S/C30H36N2O4/c1-22(23-14-18-31(19-15-23)29(35)12-10-25-6-2-4-8-27(25)33)24-16-20-32(21-17-24)30(36)13-11-26-7-3-5-9-28(26)34/h2-13,22-24,33-34H,14-21H2,1H3/b12-10+,13-11+. The molecule has 0 aromatic heterocycles. The van der Waals surface area contributed by atoms with E-state index < -0.39 is 0 Å². The lowest BCUT2D eigenvalue weighted by atomic mass is 9.74. The molecule has 0 radical (unpaired) electrons. The van der Waals surface area contributed by atoms with Crippen LogP contribution in [-0.2, 0) is 9.59 Å². The van der Waals surface area contributed by atoms with Gasteiger partial charge in [0.1, 0.15) is 11.5 Å². The Morgan fingerprint density at radius 3 is 1.44 bits per heavy atom. The lowest BCUT2D eigenvalue weighted by Gasteiger charge is -2.40. The van der Waals surface area contributed by atoms with Gasteiger partial charge in [0.2, 0.25) is 11.8 Å². The quantitative estimate of drug-likeness (QED) is 0.565. The van der Waals surface area contributed by atoms with Crippen molar-refractivity contribution in [1.82, 2.24) is 9.80 Å². The summed E-state index contributed by atoms with van der Waals surface area (Å²) in [6.45, 7) is 5.36. The smallest absolute Gasteiger partial charge is 0.246 e. The van der Waals surface area contributed by atoms with Gasteiger partial charge in [-0.3, -0.25) is 9.59 Å². The second-order valence-electron chi connectivity index (χ2n) is 9.97. The fraction of sp³-hybridized carbons (Fsp3) is 0.400. The summed E-state index contributed by atoms with van der Waals surface area (Å²) in [5.74, 6) is 2.07. The Morgan fingerprint density at radius 1 is 0.722 bits per heavy atom. The zero-order valence-electron chi connectivity index (χ0n) is 20.9. The van der Waals surface area contributed by atoms with Gasteiger partial charge in [-0.25, -0.2) is 0 Å². The predicted molar refractivity (Wildman–Crippen MR) is 142 cm³/mol. The van der Waals surface area contributed by atoms with Crippen LogP contribution in [0.4, 0.5) is 0 Å². The van der Waals surface area contributed by atoms with E-state index in [1.165, 1.54) is 0 Å². The summed E-state index contributed by atoms with van der Waals surface area (Å²) >= 11 is 0. The Morgan fingerprint density at radius 2 is 1.08 bits per heavy atom. The van der Waals surface area contributed by atoms with Crippen LogP contribution in [-0.4, -0.2) is 58.0 Å². The average molecular weight is 489 g/mol. The number of carbonyl (C=O) groups is 2. The van der Waals surface area contributed by atoms with E-state index in [4.69, 9.17) is 0 Å². The highest BCUT2D eigenvalue weighted by atomic mass is 16.3. The van der Waals surface area contributed by atoms with Crippen molar-refractivity contribution >= 4 is 24.0 Å². The summed E-state index contributed by atoms with van der Waals surface area (Å²) in [6.07, 6.45) is 10.5. The average Bonchev–Trinajstić information content (AvgIpc) is 2.91. The molecule has 2 aromatic carbocycles. The number of carbonyl (C=O) groups excluding carboxylic acids is 2. The van der Waals surface area contributed by atoms with Crippen LogP contribution in [0, 0.1) is 17.8 Å². The summed E-state index contributed by atoms with van der Waals surface area (Å²) < 4.78 is 0. The second kappa shape index (κ2) is 11.9. The molecule has 0 unspecified atom stereocenters. The Bertz CT molecular complexity index is 1020. The van der Waals surface area contributed by atoms with Crippen LogP contribution >= 0.6 is 0 Å². The number of likely N-dealkylation sites (tertiary alicyclic amines) is 2. The number of benzene rings is 2. The molecule has 2 heterocycles. The highest BCUT2D eigenvalue weighted by Crippen LogP contribution is 2.35. The molecule has 6 nitrogen and oxygen atoms in total. The highest BCUT2D eigenvalue weighted by molar-refractivity contribution is 5.92. The summed E-state index contributed by atoms with van der Waals surface area (Å²) in [6, 6.07) is 14.0. The van der Waals surface area contributed by atoms with Crippen molar-refractivity contribution in [3.63, 3.8) is 0 Å². The van der Waals surface area contributed by atoms with E-state index in [2.05, 4.69) is 6.92 Å². The number of nitrogens with zero attached hydrogens (tertiary/aromatic N) is 2. The molecule has 36 heavy (non-hydrogen) atoms. The van der Waals surface area contributed by atoms with Crippen molar-refractivity contribution in [2.75, 3.05) is 26.2 Å². The molecule has 4 rings (SSSR count). The highest BCUT2D eigenvalue weighted by Gasteiger charge is 2.32. The molecule has 0 aliphatic carbocycles. The first-order chi connectivity index (χ1) is 17.4. The van der Waals surface area contributed by atoms with Gasteiger partial charge in [0, 0.05) is 49.5 Å². The van der Waals surface area contributed by atoms with E-state index >= 15 is 0 Å². The van der Waals surface area contributed by atoms with Gasteiger partial charge in [0.15, 0.2) is 0 Å². The van der Waals surface area contributed by atoms with Crippen LogP contribution in [0.1, 0.15) is 43.7 Å². The second-order valence-corrected chi connectivity index (χ2v) is 9.97. The van der Waals surface area contributed by atoms with Gasteiger partial charge in [-0.15, -0.1) is 0 Å². The minimum Gasteiger partial charge on any atom is -0.507 e. The van der Waals surface area contributed by atoms with Gasteiger partial charge >= 0.3 is 0 Å². The van der Waals surface area contributed by atoms with Crippen molar-refractivity contribution in [1.29, 1.82) is 0 Å². The summed E-state index contributed by atoms with van der Waals surface area (Å²) in [4.78, 5) is 29.0. The van der Waals surface area contributed by atoms with Gasteiger partial charge in [-0.2, -0.15) is 0 Å². The van der Waals surface area contributed by atoms with Gasteiger partial charge in [-0.05, 0) is 67.7 Å². The van der Waals surface area contributed by atoms with Crippen molar-refractivity contribution in [2.24, 2.45) is 17.8 Å². The first-order valence-corrected chi connectivity index (χ1v) is 12.9. The first-order valence-electron chi connectivity index (χ1n) is 12.9. The molecule has 0 atom stereocenters. The third-order valence-electron chi connectivity index (χ3n) is 7.87. The van der Waals surface area contributed by atoms with Crippen LogP contribution in [0.3, 0.4) is 0 Å². The number of phenols is 2. The van der Waals surface area contributed by atoms with Crippen LogP contribution in [0.5, 0.6) is 11.5 Å². The zero-order chi connectivity index (χ0) is 25.5. The fourth-order valence-corrected chi connectivity index (χ4v) is 5.47. The third-order valence-corrected chi connectivity index (χ3v) is 7.87. The molecular weight excluding hydrogens is 452 g/mol. The minimum atomic E-state index is -0.00643. The Labute approximate surface area is 213 Å². The molecule has 0 spiro atoms. The van der Waals surface area contributed by atoms with Crippen molar-refractivity contribution in [3.05, 3.63) is 71.8 Å². The topological polar surface area (TPSA) is 81.1 Å². The molecular formula is C30H36N2O4. The molecule has 6 heteroatoms. The summed E-state index contributed by atoms with van der Waals surface area (Å²) in [5, 5.41) is 19.7. The third kappa shape index (κ3) is 6.36. The van der Waals surface area contributed by atoms with Crippen molar-refractivity contribution < 1.29 is 19.8 Å². The first kappa shape index (κ1) is 25.5. The Kier molecular flexibility index (Phi) is 8.47. The molecule has 2 saturated heterocycles. The normalized spacial score (nSPS) is 17.9. The monoisotopic (exact) mass is 488 g/mol. The van der Waals surface area contributed by atoms with E-state index in [1.807, 2.05) is 21.9 Å². The van der Waals surface area contributed by atoms with E-state index in [-0.39, 0.29) is 23.3 Å². The number of phenolic OH excluding ortho intramolecular Hbond substituents is 2. The lowest BCUT2D eigenvalue weighted by Crippen LogP contribution is -2.43. The van der Waals surface area contributed by atoms with Crippen LogP contribution in [0.2, 0.25) is 0 Å². The van der Waals surface area contributed by atoms with E-state index in [0.717, 1.165) is 51.9 Å². The van der Waals surface area contributed by atoms with Crippen molar-refractivity contribution in [3.8, 4) is 11.5 Å². The SMILES string of the molecule is CC(C1CCN(C(=O)/C=C/c2ccccc2O)CC1)C1CCN(C(=O)/C=C/c2ccccc2O)CC1. The lowest BCUT2D eigenvalue weighted by molar-refractivity contribution is -0.127. The molecule has 2 N–H and O–H groups in total. The zero-order valence-corrected chi connectivity index (χ0v) is 20.9. The predicted octanol–water partition coefficient (Wildman–Crippen LogP) is 4.94. The Hall–Kier alpha value is -3.54. The van der Waals surface area contributed by atoms with Gasteiger partial charge in [0.25, 0.3) is 0 Å². The van der Waals surface area contributed by atoms with E-state index in [0.29, 0.717) is 28.9 Å². The molecule has 190 valence electrons. The number of para-hydroxylation sites is 2. The summed E-state index contributed by atoms with van der Waals surface area (Å²) in [7, 11) is 0. The molecule has 0 bridgehead atoms. The Balaban J connectivity index is 1.21. The van der Waals surface area contributed by atoms with Crippen LogP contribution in [0.25, 0.3) is 12.2 Å². The van der Waals surface area contributed by atoms with Gasteiger partial charge in [-0.1, -0.05) is 43.3 Å². The number of piperidine rings is 2. The number of hydrogen-bond acceptors (Lipinski definition) is 4. The maximum absolute atomic E-state index is 12.6. The van der Waals surface area contributed by atoms with Crippen LogP contribution in [0.15, 0.2) is 60.7 Å². The molecule has 2 fully saturated rings. The maximum atomic E-state index is 12.6. The molecule has 0 saturated carbocycles. The number of hydrogen-bond donors (Lipinski definition) is 2. The van der Waals surface area contributed by atoms with Crippen LogP contribution < -0.4 is 0 Å². The molecule has 2 amide bonds. The number of aromatic hydroxyl groups is 2. The number of amides is 2. The maximum Gasteiger partial charge on any atom is 0.246 e. The number of rotatable bonds is 6. The molecule has 2 aromatic rings.